The molecule has 1 fully saturated rings. The van der Waals surface area contributed by atoms with Gasteiger partial charge in [-0.05, 0) is 37.9 Å². The van der Waals surface area contributed by atoms with E-state index < -0.39 is 5.97 Å². The molecular formula is C13H19NO3. The van der Waals surface area contributed by atoms with Gasteiger partial charge in [-0.3, -0.25) is 9.69 Å². The third-order valence-electron chi connectivity index (χ3n) is 3.50. The fraction of sp³-hybridized carbons (Fsp3) is 0.615. The Kier molecular flexibility index (Phi) is 3.84. The van der Waals surface area contributed by atoms with Crippen molar-refractivity contribution >= 4 is 5.97 Å². The van der Waals surface area contributed by atoms with Crippen molar-refractivity contribution in [1.29, 1.82) is 0 Å². The monoisotopic (exact) mass is 237 g/mol. The fourth-order valence-electron chi connectivity index (χ4n) is 2.61. The predicted molar refractivity (Wildman–Crippen MR) is 63.7 cm³/mol. The van der Waals surface area contributed by atoms with Gasteiger partial charge >= 0.3 is 5.97 Å². The summed E-state index contributed by atoms with van der Waals surface area (Å²) >= 11 is 0. The highest BCUT2D eigenvalue weighted by molar-refractivity contribution is 5.70. The van der Waals surface area contributed by atoms with E-state index in [-0.39, 0.29) is 12.0 Å². The number of piperidine rings is 1. The molecule has 17 heavy (non-hydrogen) atoms. The molecule has 2 unspecified atom stereocenters. The van der Waals surface area contributed by atoms with Gasteiger partial charge in [-0.2, -0.15) is 0 Å². The molecular weight excluding hydrogens is 218 g/mol. The van der Waals surface area contributed by atoms with Crippen LogP contribution in [-0.2, 0) is 4.79 Å². The van der Waals surface area contributed by atoms with Crippen LogP contribution in [0.1, 0.15) is 38.0 Å². The maximum absolute atomic E-state index is 11.0. The van der Waals surface area contributed by atoms with Crippen LogP contribution in [0, 0.1) is 5.92 Å². The third kappa shape index (κ3) is 2.69. The fourth-order valence-corrected chi connectivity index (χ4v) is 2.61. The number of aliphatic carboxylic acids is 1. The highest BCUT2D eigenvalue weighted by Gasteiger charge is 2.30. The van der Waals surface area contributed by atoms with Crippen molar-refractivity contribution < 1.29 is 14.3 Å². The van der Waals surface area contributed by atoms with E-state index in [0.29, 0.717) is 6.54 Å². The molecule has 1 saturated heterocycles. The van der Waals surface area contributed by atoms with Crippen molar-refractivity contribution in [1.82, 2.24) is 4.90 Å². The Labute approximate surface area is 101 Å². The number of carboxylic acids is 1. The summed E-state index contributed by atoms with van der Waals surface area (Å²) in [6.07, 6.45) is 4.37. The van der Waals surface area contributed by atoms with E-state index in [2.05, 4.69) is 11.8 Å². The lowest BCUT2D eigenvalue weighted by Crippen LogP contribution is -2.40. The van der Waals surface area contributed by atoms with Crippen molar-refractivity contribution in [3.8, 4) is 0 Å². The minimum Gasteiger partial charge on any atom is -0.481 e. The van der Waals surface area contributed by atoms with Crippen molar-refractivity contribution in [3.05, 3.63) is 24.2 Å². The second-order valence-electron chi connectivity index (χ2n) is 4.61. The van der Waals surface area contributed by atoms with E-state index >= 15 is 0 Å². The second kappa shape index (κ2) is 5.36. The molecule has 1 aromatic rings. The molecule has 4 nitrogen and oxygen atoms in total. The Hall–Kier alpha value is -1.29. The van der Waals surface area contributed by atoms with E-state index in [1.54, 1.807) is 6.26 Å². The zero-order valence-corrected chi connectivity index (χ0v) is 10.1. The van der Waals surface area contributed by atoms with Crippen LogP contribution in [0.15, 0.2) is 22.8 Å². The van der Waals surface area contributed by atoms with Gasteiger partial charge in [0.1, 0.15) is 5.76 Å². The average molecular weight is 237 g/mol. The summed E-state index contributed by atoms with van der Waals surface area (Å²) in [6.45, 7) is 3.70. The van der Waals surface area contributed by atoms with Crippen LogP contribution in [0.3, 0.4) is 0 Å². The number of carboxylic acid groups (broad SMARTS) is 1. The molecule has 0 radical (unpaired) electrons. The van der Waals surface area contributed by atoms with Crippen molar-refractivity contribution in [2.45, 2.75) is 32.2 Å². The summed E-state index contributed by atoms with van der Waals surface area (Å²) in [4.78, 5) is 13.3. The minimum absolute atomic E-state index is 0.215. The van der Waals surface area contributed by atoms with E-state index in [1.165, 1.54) is 0 Å². The van der Waals surface area contributed by atoms with E-state index in [4.69, 9.17) is 9.52 Å². The molecule has 0 amide bonds. The smallest absolute Gasteiger partial charge is 0.307 e. The van der Waals surface area contributed by atoms with Gasteiger partial charge in [-0.1, -0.05) is 6.92 Å². The normalized spacial score (nSPS) is 23.5. The van der Waals surface area contributed by atoms with Crippen LogP contribution < -0.4 is 0 Å². The number of rotatable bonds is 4. The zero-order chi connectivity index (χ0) is 12.3. The van der Waals surface area contributed by atoms with Gasteiger partial charge in [0.2, 0.25) is 0 Å². The van der Waals surface area contributed by atoms with Gasteiger partial charge in [-0.25, -0.2) is 0 Å². The minimum atomic E-state index is -0.677. The first kappa shape index (κ1) is 12.2. The Bertz CT molecular complexity index is 361. The lowest BCUT2D eigenvalue weighted by atomic mass is 9.96. The number of carbonyl (C=O) groups is 1. The Morgan fingerprint density at radius 2 is 2.53 bits per heavy atom. The largest absolute Gasteiger partial charge is 0.481 e. The molecule has 1 aliphatic heterocycles. The molecule has 0 spiro atoms. The highest BCUT2D eigenvalue weighted by atomic mass is 16.4. The van der Waals surface area contributed by atoms with E-state index in [0.717, 1.165) is 31.6 Å². The van der Waals surface area contributed by atoms with Crippen molar-refractivity contribution in [2.24, 2.45) is 5.92 Å². The van der Waals surface area contributed by atoms with Crippen molar-refractivity contribution in [2.75, 3.05) is 13.1 Å². The Morgan fingerprint density at radius 3 is 3.12 bits per heavy atom. The molecule has 0 bridgehead atoms. The highest BCUT2D eigenvalue weighted by Crippen LogP contribution is 2.29. The van der Waals surface area contributed by atoms with Gasteiger partial charge in [-0.15, -0.1) is 0 Å². The first-order valence-corrected chi connectivity index (χ1v) is 6.22. The van der Waals surface area contributed by atoms with Gasteiger partial charge in [0, 0.05) is 6.54 Å². The number of likely N-dealkylation sites (tertiary alicyclic amines) is 1. The van der Waals surface area contributed by atoms with Crippen LogP contribution >= 0.6 is 0 Å². The second-order valence-corrected chi connectivity index (χ2v) is 4.61. The maximum Gasteiger partial charge on any atom is 0.307 e. The quantitative estimate of drug-likeness (QED) is 0.874. The van der Waals surface area contributed by atoms with Gasteiger partial charge in [0.05, 0.1) is 18.2 Å². The lowest BCUT2D eigenvalue weighted by molar-refractivity contribution is -0.144. The topological polar surface area (TPSA) is 53.7 Å². The summed E-state index contributed by atoms with van der Waals surface area (Å²) in [7, 11) is 0. The van der Waals surface area contributed by atoms with Gasteiger partial charge < -0.3 is 9.52 Å². The summed E-state index contributed by atoms with van der Waals surface area (Å²) in [5.41, 5.74) is 0. The SMILES string of the molecule is CCC(c1ccco1)N1CCCC(C(=O)O)C1. The molecule has 1 aliphatic rings. The number of furan rings is 1. The molecule has 1 aromatic heterocycles. The Morgan fingerprint density at radius 1 is 1.71 bits per heavy atom. The number of nitrogens with zero attached hydrogens (tertiary/aromatic N) is 1. The Balaban J connectivity index is 2.07. The number of hydrogen-bond acceptors (Lipinski definition) is 3. The first-order valence-electron chi connectivity index (χ1n) is 6.22. The molecule has 2 rings (SSSR count). The van der Waals surface area contributed by atoms with E-state index in [1.807, 2.05) is 12.1 Å². The van der Waals surface area contributed by atoms with E-state index in [9.17, 15) is 4.79 Å². The zero-order valence-electron chi connectivity index (χ0n) is 10.1. The van der Waals surface area contributed by atoms with Crippen LogP contribution in [0.4, 0.5) is 0 Å². The molecule has 94 valence electrons. The van der Waals surface area contributed by atoms with Crippen LogP contribution in [0.5, 0.6) is 0 Å². The summed E-state index contributed by atoms with van der Waals surface area (Å²) < 4.78 is 5.45. The maximum atomic E-state index is 11.0. The average Bonchev–Trinajstić information content (AvgIpc) is 2.84. The number of hydrogen-bond donors (Lipinski definition) is 1. The van der Waals surface area contributed by atoms with Crippen LogP contribution in [-0.4, -0.2) is 29.1 Å². The molecule has 0 saturated carbocycles. The summed E-state index contributed by atoms with van der Waals surface area (Å²) in [6, 6.07) is 4.07. The van der Waals surface area contributed by atoms with Crippen LogP contribution in [0.2, 0.25) is 0 Å². The van der Waals surface area contributed by atoms with Crippen molar-refractivity contribution in [3.63, 3.8) is 0 Å². The molecule has 2 atom stereocenters. The summed E-state index contributed by atoms with van der Waals surface area (Å²) in [5.74, 6) is 0.0373. The molecule has 0 aromatic carbocycles. The van der Waals surface area contributed by atoms with Gasteiger partial charge in [0.25, 0.3) is 0 Å². The molecule has 0 aliphatic carbocycles. The predicted octanol–water partition coefficient (Wildman–Crippen LogP) is 2.53. The summed E-state index contributed by atoms with van der Waals surface area (Å²) in [5, 5.41) is 9.09. The molecule has 4 heteroatoms. The molecule has 2 heterocycles. The van der Waals surface area contributed by atoms with Crippen LogP contribution in [0.25, 0.3) is 0 Å². The van der Waals surface area contributed by atoms with Gasteiger partial charge in [0.15, 0.2) is 0 Å². The molecule has 1 N–H and O–H groups in total. The standard InChI is InChI=1S/C13H19NO3/c1-2-11(12-6-4-8-17-12)14-7-3-5-10(9-14)13(15)16/h4,6,8,10-11H,2-3,5,7,9H2,1H3,(H,15,16). The third-order valence-corrected chi connectivity index (χ3v) is 3.50. The lowest BCUT2D eigenvalue weighted by Gasteiger charge is -2.35. The first-order chi connectivity index (χ1) is 8.22.